The lowest BCUT2D eigenvalue weighted by atomic mass is 10.1. The zero-order valence-electron chi connectivity index (χ0n) is 14.4. The van der Waals surface area contributed by atoms with Crippen molar-refractivity contribution in [3.63, 3.8) is 0 Å². The van der Waals surface area contributed by atoms with Gasteiger partial charge in [-0.05, 0) is 43.2 Å². The summed E-state index contributed by atoms with van der Waals surface area (Å²) >= 11 is 0. The van der Waals surface area contributed by atoms with Gasteiger partial charge in [0.2, 0.25) is 5.95 Å². The number of rotatable bonds is 4. The monoisotopic (exact) mass is 375 g/mol. The van der Waals surface area contributed by atoms with E-state index in [1.165, 1.54) is 12.1 Å². The van der Waals surface area contributed by atoms with Crippen molar-refractivity contribution in [2.24, 2.45) is 0 Å². The van der Waals surface area contributed by atoms with Crippen LogP contribution in [0.5, 0.6) is 0 Å². The number of amides is 2. The second-order valence-corrected chi connectivity index (χ2v) is 8.24. The molecule has 1 aliphatic rings. The van der Waals surface area contributed by atoms with Gasteiger partial charge in [-0.2, -0.15) is 0 Å². The van der Waals surface area contributed by atoms with Crippen LogP contribution in [-0.4, -0.2) is 49.8 Å². The van der Waals surface area contributed by atoms with Crippen LogP contribution in [0.15, 0.2) is 47.6 Å². The summed E-state index contributed by atoms with van der Waals surface area (Å²) in [5.74, 6) is 0.663. The molecular weight excluding hydrogens is 354 g/mol. The Labute approximate surface area is 152 Å². The highest BCUT2D eigenvalue weighted by atomic mass is 32.2. The lowest BCUT2D eigenvalue weighted by Gasteiger charge is -2.33. The molecule has 0 aliphatic carbocycles. The summed E-state index contributed by atoms with van der Waals surface area (Å²) in [4.78, 5) is 23.0. The number of urea groups is 1. The van der Waals surface area contributed by atoms with Crippen LogP contribution in [0.4, 0.5) is 16.4 Å². The number of anilines is 2. The Morgan fingerprint density at radius 2 is 1.88 bits per heavy atom. The summed E-state index contributed by atoms with van der Waals surface area (Å²) in [6.45, 7) is 1.50. The van der Waals surface area contributed by atoms with E-state index < -0.39 is 9.84 Å². The molecule has 9 heteroatoms. The minimum absolute atomic E-state index is 0.0113. The third-order valence-corrected chi connectivity index (χ3v) is 5.26. The molecule has 0 bridgehead atoms. The quantitative estimate of drug-likeness (QED) is 0.842. The number of nitrogens with zero attached hydrogens (tertiary/aromatic N) is 3. The van der Waals surface area contributed by atoms with Crippen molar-refractivity contribution in [2.45, 2.75) is 23.8 Å². The number of sulfone groups is 1. The summed E-state index contributed by atoms with van der Waals surface area (Å²) in [6.07, 6.45) is 6.36. The van der Waals surface area contributed by atoms with Gasteiger partial charge in [-0.3, -0.25) is 0 Å². The van der Waals surface area contributed by atoms with Crippen LogP contribution in [-0.2, 0) is 9.84 Å². The summed E-state index contributed by atoms with van der Waals surface area (Å²) in [5, 5.41) is 5.67. The van der Waals surface area contributed by atoms with Gasteiger partial charge < -0.3 is 15.5 Å². The first-order chi connectivity index (χ1) is 12.4. The molecule has 1 saturated heterocycles. The standard InChI is InChI=1S/C17H21N5O3S/c1-26(24,25)15-7-5-13(6-8-15)20-17(23)21-14-4-2-11-22(12-14)16-18-9-3-10-19-16/h3,5-10,14H,2,4,11-12H2,1H3,(H2,20,21,23)/t14-/m0/s1. The van der Waals surface area contributed by atoms with E-state index in [1.807, 2.05) is 0 Å². The molecule has 1 aromatic carbocycles. The summed E-state index contributed by atoms with van der Waals surface area (Å²) in [5.41, 5.74) is 0.536. The Morgan fingerprint density at radius 3 is 2.54 bits per heavy atom. The van der Waals surface area contributed by atoms with E-state index in [1.54, 1.807) is 30.6 Å². The summed E-state index contributed by atoms with van der Waals surface area (Å²) < 4.78 is 22.9. The molecule has 3 rings (SSSR count). The number of hydrogen-bond donors (Lipinski definition) is 2. The Hall–Kier alpha value is -2.68. The van der Waals surface area contributed by atoms with Crippen molar-refractivity contribution in [1.29, 1.82) is 0 Å². The van der Waals surface area contributed by atoms with Gasteiger partial charge in [0.1, 0.15) is 0 Å². The van der Waals surface area contributed by atoms with Gasteiger partial charge in [-0.25, -0.2) is 23.2 Å². The molecule has 2 aromatic rings. The first kappa shape index (κ1) is 18.1. The van der Waals surface area contributed by atoms with Crippen molar-refractivity contribution in [3.05, 3.63) is 42.7 Å². The average Bonchev–Trinajstić information content (AvgIpc) is 2.62. The Kier molecular flexibility index (Phi) is 5.36. The number of aromatic nitrogens is 2. The van der Waals surface area contributed by atoms with Gasteiger partial charge in [0.25, 0.3) is 0 Å². The van der Waals surface area contributed by atoms with Crippen LogP contribution in [0, 0.1) is 0 Å². The molecule has 138 valence electrons. The Morgan fingerprint density at radius 1 is 1.19 bits per heavy atom. The third-order valence-electron chi connectivity index (χ3n) is 4.13. The second kappa shape index (κ2) is 7.69. The Bertz CT molecular complexity index is 856. The van der Waals surface area contributed by atoms with Gasteiger partial charge in [0.15, 0.2) is 9.84 Å². The van der Waals surface area contributed by atoms with Crippen LogP contribution >= 0.6 is 0 Å². The van der Waals surface area contributed by atoms with E-state index in [4.69, 9.17) is 0 Å². The summed E-state index contributed by atoms with van der Waals surface area (Å²) in [6, 6.07) is 7.52. The van der Waals surface area contributed by atoms with Crippen LogP contribution in [0.1, 0.15) is 12.8 Å². The number of nitrogens with one attached hydrogen (secondary N) is 2. The molecule has 8 nitrogen and oxygen atoms in total. The van der Waals surface area contributed by atoms with Crippen LogP contribution in [0.2, 0.25) is 0 Å². The maximum atomic E-state index is 12.2. The van der Waals surface area contributed by atoms with E-state index in [9.17, 15) is 13.2 Å². The minimum Gasteiger partial charge on any atom is -0.339 e. The number of piperidine rings is 1. The lowest BCUT2D eigenvalue weighted by molar-refractivity contribution is 0.246. The lowest BCUT2D eigenvalue weighted by Crippen LogP contribution is -2.49. The molecule has 1 aromatic heterocycles. The molecule has 2 amide bonds. The summed E-state index contributed by atoms with van der Waals surface area (Å²) in [7, 11) is -3.25. The molecule has 0 unspecified atom stereocenters. The molecule has 1 aliphatic heterocycles. The van der Waals surface area contributed by atoms with Gasteiger partial charge in [-0.15, -0.1) is 0 Å². The number of carbonyl (C=O) groups excluding carboxylic acids is 1. The SMILES string of the molecule is CS(=O)(=O)c1ccc(NC(=O)N[C@H]2CCCN(c3ncccn3)C2)cc1. The topological polar surface area (TPSA) is 104 Å². The van der Waals surface area contributed by atoms with Crippen molar-refractivity contribution in [2.75, 3.05) is 29.6 Å². The predicted octanol–water partition coefficient (Wildman–Crippen LogP) is 1.67. The van der Waals surface area contributed by atoms with Crippen LogP contribution in [0.3, 0.4) is 0 Å². The molecule has 26 heavy (non-hydrogen) atoms. The highest BCUT2D eigenvalue weighted by Gasteiger charge is 2.23. The second-order valence-electron chi connectivity index (χ2n) is 6.23. The molecule has 0 radical (unpaired) electrons. The molecule has 0 spiro atoms. The normalized spacial score (nSPS) is 17.6. The fraction of sp³-hybridized carbons (Fsp3) is 0.353. The average molecular weight is 375 g/mol. The van der Waals surface area contributed by atoms with Gasteiger partial charge in [-0.1, -0.05) is 0 Å². The van der Waals surface area contributed by atoms with E-state index in [-0.39, 0.29) is 17.0 Å². The third kappa shape index (κ3) is 4.69. The highest BCUT2D eigenvalue weighted by molar-refractivity contribution is 7.90. The van der Waals surface area contributed by atoms with Gasteiger partial charge in [0.05, 0.1) is 4.90 Å². The molecule has 1 fully saturated rings. The highest BCUT2D eigenvalue weighted by Crippen LogP contribution is 2.16. The zero-order valence-corrected chi connectivity index (χ0v) is 15.2. The maximum absolute atomic E-state index is 12.2. The number of hydrogen-bond acceptors (Lipinski definition) is 6. The maximum Gasteiger partial charge on any atom is 0.319 e. The zero-order chi connectivity index (χ0) is 18.6. The van der Waals surface area contributed by atoms with Crippen molar-refractivity contribution in [3.8, 4) is 0 Å². The van der Waals surface area contributed by atoms with Gasteiger partial charge in [0, 0.05) is 43.5 Å². The fourth-order valence-electron chi connectivity index (χ4n) is 2.87. The molecular formula is C17H21N5O3S. The van der Waals surface area contributed by atoms with E-state index in [0.717, 1.165) is 25.6 Å². The fourth-order valence-corrected chi connectivity index (χ4v) is 3.50. The molecule has 2 N–H and O–H groups in total. The van der Waals surface area contributed by atoms with Gasteiger partial charge >= 0.3 is 6.03 Å². The van der Waals surface area contributed by atoms with E-state index >= 15 is 0 Å². The van der Waals surface area contributed by atoms with Crippen LogP contribution < -0.4 is 15.5 Å². The van der Waals surface area contributed by atoms with Crippen molar-refractivity contribution < 1.29 is 13.2 Å². The predicted molar refractivity (Wildman–Crippen MR) is 99.0 cm³/mol. The van der Waals surface area contributed by atoms with E-state index in [0.29, 0.717) is 18.2 Å². The minimum atomic E-state index is -3.25. The Balaban J connectivity index is 1.56. The molecule has 1 atom stereocenters. The largest absolute Gasteiger partial charge is 0.339 e. The molecule has 2 heterocycles. The first-order valence-corrected chi connectivity index (χ1v) is 10.2. The van der Waals surface area contributed by atoms with E-state index in [2.05, 4.69) is 25.5 Å². The molecule has 0 saturated carbocycles. The smallest absolute Gasteiger partial charge is 0.319 e. The van der Waals surface area contributed by atoms with Crippen LogP contribution in [0.25, 0.3) is 0 Å². The number of carbonyl (C=O) groups is 1. The first-order valence-electron chi connectivity index (χ1n) is 8.31. The number of benzene rings is 1. The van der Waals surface area contributed by atoms with Crippen molar-refractivity contribution in [1.82, 2.24) is 15.3 Å². The van der Waals surface area contributed by atoms with Crippen molar-refractivity contribution >= 4 is 27.5 Å².